The SMILES string of the molecule is CNc1ccc2c(c1)N(C(=O)C(C)N)C(=O)CO2. The lowest BCUT2D eigenvalue weighted by Gasteiger charge is -2.29. The van der Waals surface area contributed by atoms with Crippen molar-refractivity contribution >= 4 is 23.2 Å². The van der Waals surface area contributed by atoms with E-state index in [0.717, 1.165) is 10.6 Å². The van der Waals surface area contributed by atoms with E-state index in [-0.39, 0.29) is 6.61 Å². The molecular weight excluding hydrogens is 234 g/mol. The number of nitrogens with two attached hydrogens (primary N) is 1. The molecule has 1 aromatic carbocycles. The van der Waals surface area contributed by atoms with Crippen LogP contribution < -0.4 is 20.7 Å². The number of nitrogens with one attached hydrogen (secondary N) is 1. The predicted octanol–water partition coefficient (Wildman–Crippen LogP) is 0.327. The Kier molecular flexibility index (Phi) is 3.20. The number of hydrogen-bond acceptors (Lipinski definition) is 5. The molecule has 0 fully saturated rings. The molecule has 2 amide bonds. The highest BCUT2D eigenvalue weighted by Gasteiger charge is 2.32. The zero-order valence-corrected chi connectivity index (χ0v) is 10.3. The van der Waals surface area contributed by atoms with E-state index in [1.165, 1.54) is 0 Å². The van der Waals surface area contributed by atoms with Crippen LogP contribution in [-0.4, -0.2) is 31.5 Å². The molecule has 0 aliphatic carbocycles. The van der Waals surface area contributed by atoms with E-state index in [2.05, 4.69) is 5.32 Å². The molecule has 1 aliphatic heterocycles. The summed E-state index contributed by atoms with van der Waals surface area (Å²) >= 11 is 0. The number of imide groups is 1. The molecule has 6 nitrogen and oxygen atoms in total. The first-order chi connectivity index (χ1) is 8.54. The van der Waals surface area contributed by atoms with Crippen LogP contribution in [0.3, 0.4) is 0 Å². The highest BCUT2D eigenvalue weighted by Crippen LogP contribution is 2.34. The van der Waals surface area contributed by atoms with Crippen molar-refractivity contribution < 1.29 is 14.3 Å². The fourth-order valence-corrected chi connectivity index (χ4v) is 1.75. The number of amides is 2. The number of fused-ring (bicyclic) bond motifs is 1. The molecule has 18 heavy (non-hydrogen) atoms. The molecule has 0 radical (unpaired) electrons. The van der Waals surface area contributed by atoms with Crippen molar-refractivity contribution in [3.05, 3.63) is 18.2 Å². The van der Waals surface area contributed by atoms with Crippen molar-refractivity contribution in [2.45, 2.75) is 13.0 Å². The number of nitrogens with zero attached hydrogens (tertiary/aromatic N) is 1. The van der Waals surface area contributed by atoms with Crippen LogP contribution in [0.2, 0.25) is 0 Å². The zero-order valence-electron chi connectivity index (χ0n) is 10.3. The molecule has 0 bridgehead atoms. The van der Waals surface area contributed by atoms with E-state index < -0.39 is 17.9 Å². The van der Waals surface area contributed by atoms with E-state index in [1.807, 2.05) is 6.07 Å². The molecule has 1 atom stereocenters. The number of rotatable bonds is 2. The maximum atomic E-state index is 12.0. The van der Waals surface area contributed by atoms with Crippen LogP contribution in [-0.2, 0) is 9.59 Å². The molecule has 96 valence electrons. The van der Waals surface area contributed by atoms with Gasteiger partial charge in [0, 0.05) is 12.7 Å². The third-order valence-electron chi connectivity index (χ3n) is 2.70. The first kappa shape index (κ1) is 12.4. The van der Waals surface area contributed by atoms with Gasteiger partial charge < -0.3 is 15.8 Å². The molecule has 1 unspecified atom stereocenters. The van der Waals surface area contributed by atoms with Gasteiger partial charge in [0.25, 0.3) is 11.8 Å². The molecule has 0 saturated carbocycles. The monoisotopic (exact) mass is 249 g/mol. The fourth-order valence-electron chi connectivity index (χ4n) is 1.75. The quantitative estimate of drug-likeness (QED) is 0.789. The summed E-state index contributed by atoms with van der Waals surface area (Å²) in [5, 5.41) is 2.94. The molecule has 0 aromatic heterocycles. The second-order valence-electron chi connectivity index (χ2n) is 4.08. The van der Waals surface area contributed by atoms with Gasteiger partial charge in [0.2, 0.25) is 0 Å². The summed E-state index contributed by atoms with van der Waals surface area (Å²) in [7, 11) is 1.75. The summed E-state index contributed by atoms with van der Waals surface area (Å²) in [6.45, 7) is 1.40. The summed E-state index contributed by atoms with van der Waals surface area (Å²) in [6.07, 6.45) is 0. The molecule has 3 N–H and O–H groups in total. The van der Waals surface area contributed by atoms with Crippen molar-refractivity contribution in [2.75, 3.05) is 23.9 Å². The average molecular weight is 249 g/mol. The first-order valence-corrected chi connectivity index (χ1v) is 5.61. The minimum atomic E-state index is -0.738. The fraction of sp³-hybridized carbons (Fsp3) is 0.333. The smallest absolute Gasteiger partial charge is 0.271 e. The molecule has 6 heteroatoms. The van der Waals surface area contributed by atoms with Gasteiger partial charge in [0.05, 0.1) is 11.7 Å². The maximum absolute atomic E-state index is 12.0. The van der Waals surface area contributed by atoms with E-state index in [4.69, 9.17) is 10.5 Å². The minimum Gasteiger partial charge on any atom is -0.482 e. The van der Waals surface area contributed by atoms with Crippen molar-refractivity contribution in [2.24, 2.45) is 5.73 Å². The highest BCUT2D eigenvalue weighted by atomic mass is 16.5. The number of hydrogen-bond donors (Lipinski definition) is 2. The van der Waals surface area contributed by atoms with Crippen molar-refractivity contribution in [3.63, 3.8) is 0 Å². The van der Waals surface area contributed by atoms with Crippen LogP contribution in [0.4, 0.5) is 11.4 Å². The van der Waals surface area contributed by atoms with E-state index in [0.29, 0.717) is 11.4 Å². The molecule has 1 aromatic rings. The normalized spacial score (nSPS) is 15.7. The van der Waals surface area contributed by atoms with Gasteiger partial charge in [-0.1, -0.05) is 0 Å². The first-order valence-electron chi connectivity index (χ1n) is 5.61. The Bertz CT molecular complexity index is 499. The average Bonchev–Trinajstić information content (AvgIpc) is 2.37. The van der Waals surface area contributed by atoms with Crippen LogP contribution >= 0.6 is 0 Å². The van der Waals surface area contributed by atoms with Crippen molar-refractivity contribution in [1.29, 1.82) is 0 Å². The lowest BCUT2D eigenvalue weighted by Crippen LogP contribution is -2.49. The summed E-state index contributed by atoms with van der Waals surface area (Å²) < 4.78 is 5.28. The lowest BCUT2D eigenvalue weighted by atomic mass is 10.2. The maximum Gasteiger partial charge on any atom is 0.271 e. The summed E-state index contributed by atoms with van der Waals surface area (Å²) in [5.41, 5.74) is 6.77. The van der Waals surface area contributed by atoms with Crippen molar-refractivity contribution in [3.8, 4) is 5.75 Å². The predicted molar refractivity (Wildman–Crippen MR) is 67.6 cm³/mol. The Morgan fingerprint density at radius 3 is 2.89 bits per heavy atom. The number of carbonyl (C=O) groups is 2. The largest absolute Gasteiger partial charge is 0.482 e. The molecule has 2 rings (SSSR count). The standard InChI is InChI=1S/C12H15N3O3/c1-7(13)12(17)15-9-5-8(14-2)3-4-10(9)18-6-11(15)16/h3-5,7,14H,6,13H2,1-2H3. The Hall–Kier alpha value is -2.08. The number of anilines is 2. The van der Waals surface area contributed by atoms with Crippen LogP contribution in [0.5, 0.6) is 5.75 Å². The molecule has 0 spiro atoms. The number of carbonyl (C=O) groups excluding carboxylic acids is 2. The van der Waals surface area contributed by atoms with Crippen LogP contribution in [0.25, 0.3) is 0 Å². The van der Waals surface area contributed by atoms with Gasteiger partial charge in [0.1, 0.15) is 5.75 Å². The minimum absolute atomic E-state index is 0.148. The number of ether oxygens (including phenoxy) is 1. The zero-order chi connectivity index (χ0) is 13.3. The van der Waals surface area contributed by atoms with E-state index in [9.17, 15) is 9.59 Å². The van der Waals surface area contributed by atoms with Gasteiger partial charge in [-0.25, -0.2) is 4.90 Å². The van der Waals surface area contributed by atoms with Crippen LogP contribution in [0.1, 0.15) is 6.92 Å². The number of benzene rings is 1. The van der Waals surface area contributed by atoms with Gasteiger partial charge in [0.15, 0.2) is 6.61 Å². The van der Waals surface area contributed by atoms with Gasteiger partial charge in [-0.3, -0.25) is 9.59 Å². The van der Waals surface area contributed by atoms with Crippen LogP contribution in [0, 0.1) is 0 Å². The Morgan fingerprint density at radius 2 is 2.28 bits per heavy atom. The van der Waals surface area contributed by atoms with E-state index in [1.54, 1.807) is 26.1 Å². The van der Waals surface area contributed by atoms with Gasteiger partial charge in [-0.15, -0.1) is 0 Å². The lowest BCUT2D eigenvalue weighted by molar-refractivity contribution is -0.128. The Labute approximate surface area is 105 Å². The van der Waals surface area contributed by atoms with Gasteiger partial charge in [-0.05, 0) is 25.1 Å². The second-order valence-corrected chi connectivity index (χ2v) is 4.08. The third kappa shape index (κ3) is 2.02. The summed E-state index contributed by atoms with van der Waals surface area (Å²) in [5.74, 6) is -0.335. The van der Waals surface area contributed by atoms with Crippen LogP contribution in [0.15, 0.2) is 18.2 Å². The Balaban J connectivity index is 2.48. The van der Waals surface area contributed by atoms with Crippen molar-refractivity contribution in [1.82, 2.24) is 0 Å². The summed E-state index contributed by atoms with van der Waals surface area (Å²) in [4.78, 5) is 24.9. The molecular formula is C12H15N3O3. The molecule has 1 aliphatic rings. The topological polar surface area (TPSA) is 84.7 Å². The third-order valence-corrected chi connectivity index (χ3v) is 2.70. The molecule has 0 saturated heterocycles. The Morgan fingerprint density at radius 1 is 1.56 bits per heavy atom. The van der Waals surface area contributed by atoms with E-state index >= 15 is 0 Å². The molecule has 1 heterocycles. The summed E-state index contributed by atoms with van der Waals surface area (Å²) in [6, 6.07) is 4.48. The van der Waals surface area contributed by atoms with Gasteiger partial charge in [-0.2, -0.15) is 0 Å². The second kappa shape index (κ2) is 4.66. The highest BCUT2D eigenvalue weighted by molar-refractivity contribution is 6.18. The van der Waals surface area contributed by atoms with Gasteiger partial charge >= 0.3 is 0 Å².